The maximum atomic E-state index is 12.5. The molecule has 126 valence electrons. The number of nitrogens with one attached hydrogen (secondary N) is 2. The SMILES string of the molecule is O=S(=O)(NCC(F)(F)F)N(CC(F)(F)F)C1CCNCC1. The second kappa shape index (κ2) is 6.67. The molecule has 0 aromatic carbocycles. The van der Waals surface area contributed by atoms with Gasteiger partial charge in [0.25, 0.3) is 10.2 Å². The molecule has 0 aromatic rings. The average Bonchev–Trinajstić information content (AvgIpc) is 2.33. The van der Waals surface area contributed by atoms with Gasteiger partial charge in [-0.3, -0.25) is 0 Å². The van der Waals surface area contributed by atoms with Crippen molar-refractivity contribution in [2.75, 3.05) is 26.2 Å². The lowest BCUT2D eigenvalue weighted by Gasteiger charge is -2.34. The van der Waals surface area contributed by atoms with Crippen LogP contribution in [-0.4, -0.2) is 57.3 Å². The fourth-order valence-corrected chi connectivity index (χ4v) is 3.37. The molecular weight excluding hydrogens is 328 g/mol. The minimum atomic E-state index is -4.87. The van der Waals surface area contributed by atoms with Crippen LogP contribution in [0.15, 0.2) is 0 Å². The maximum Gasteiger partial charge on any atom is 0.402 e. The van der Waals surface area contributed by atoms with E-state index in [9.17, 15) is 34.8 Å². The molecule has 0 radical (unpaired) electrons. The van der Waals surface area contributed by atoms with E-state index in [2.05, 4.69) is 5.32 Å². The van der Waals surface area contributed by atoms with Crippen molar-refractivity contribution in [1.29, 1.82) is 0 Å². The van der Waals surface area contributed by atoms with Gasteiger partial charge in [0.1, 0.15) is 13.1 Å². The second-order valence-electron chi connectivity index (χ2n) is 4.58. The van der Waals surface area contributed by atoms with Crippen LogP contribution in [0.5, 0.6) is 0 Å². The van der Waals surface area contributed by atoms with Gasteiger partial charge in [0.2, 0.25) is 0 Å². The first-order chi connectivity index (χ1) is 9.41. The summed E-state index contributed by atoms with van der Waals surface area (Å²) in [7, 11) is -4.87. The monoisotopic (exact) mass is 343 g/mol. The van der Waals surface area contributed by atoms with Gasteiger partial charge >= 0.3 is 12.4 Å². The molecule has 21 heavy (non-hydrogen) atoms. The normalized spacial score (nSPS) is 19.2. The Hall–Kier alpha value is -0.590. The molecule has 1 heterocycles. The first kappa shape index (κ1) is 18.5. The number of rotatable bonds is 5. The zero-order valence-corrected chi connectivity index (χ0v) is 11.6. The maximum absolute atomic E-state index is 12.5. The molecule has 1 saturated heterocycles. The van der Waals surface area contributed by atoms with E-state index in [1.54, 1.807) is 0 Å². The molecule has 0 aromatic heterocycles. The Bertz CT molecular complexity index is 430. The summed E-state index contributed by atoms with van der Waals surface area (Å²) in [5.41, 5.74) is 0. The van der Waals surface area contributed by atoms with Crippen molar-refractivity contribution in [3.8, 4) is 0 Å². The van der Waals surface area contributed by atoms with Crippen molar-refractivity contribution in [1.82, 2.24) is 14.3 Å². The molecule has 0 saturated carbocycles. The van der Waals surface area contributed by atoms with Crippen molar-refractivity contribution in [3.63, 3.8) is 0 Å². The van der Waals surface area contributed by atoms with E-state index in [-0.39, 0.29) is 17.1 Å². The minimum Gasteiger partial charge on any atom is -0.317 e. The van der Waals surface area contributed by atoms with Gasteiger partial charge in [-0.2, -0.15) is 43.8 Å². The molecule has 1 aliphatic heterocycles. The van der Waals surface area contributed by atoms with E-state index >= 15 is 0 Å². The van der Waals surface area contributed by atoms with Crippen LogP contribution in [0.1, 0.15) is 12.8 Å². The van der Waals surface area contributed by atoms with Crippen LogP contribution in [0.3, 0.4) is 0 Å². The van der Waals surface area contributed by atoms with E-state index in [4.69, 9.17) is 0 Å². The Balaban J connectivity index is 2.88. The highest BCUT2D eigenvalue weighted by Gasteiger charge is 2.41. The van der Waals surface area contributed by atoms with E-state index in [0.717, 1.165) is 0 Å². The number of hydrogen-bond donors (Lipinski definition) is 2. The predicted molar refractivity (Wildman–Crippen MR) is 61.6 cm³/mol. The Kier molecular flexibility index (Phi) is 5.86. The lowest BCUT2D eigenvalue weighted by atomic mass is 10.1. The molecule has 12 heteroatoms. The lowest BCUT2D eigenvalue weighted by molar-refractivity contribution is -0.140. The largest absolute Gasteiger partial charge is 0.402 e. The number of halogens is 6. The highest BCUT2D eigenvalue weighted by Crippen LogP contribution is 2.24. The second-order valence-corrected chi connectivity index (χ2v) is 6.29. The molecule has 5 nitrogen and oxygen atoms in total. The molecule has 0 unspecified atom stereocenters. The number of piperidine rings is 1. The van der Waals surface area contributed by atoms with E-state index < -0.39 is 41.7 Å². The van der Waals surface area contributed by atoms with E-state index in [1.807, 2.05) is 0 Å². The Morgan fingerprint density at radius 3 is 2.00 bits per heavy atom. The third-order valence-corrected chi connectivity index (χ3v) is 4.37. The van der Waals surface area contributed by atoms with Crippen molar-refractivity contribution in [3.05, 3.63) is 0 Å². The Morgan fingerprint density at radius 1 is 1.05 bits per heavy atom. The molecule has 0 amide bonds. The molecule has 0 spiro atoms. The topological polar surface area (TPSA) is 61.4 Å². The van der Waals surface area contributed by atoms with Gasteiger partial charge in [-0.15, -0.1) is 0 Å². The highest BCUT2D eigenvalue weighted by molar-refractivity contribution is 7.87. The van der Waals surface area contributed by atoms with Crippen molar-refractivity contribution >= 4 is 10.2 Å². The van der Waals surface area contributed by atoms with Gasteiger partial charge in [0.15, 0.2) is 0 Å². The van der Waals surface area contributed by atoms with E-state index in [0.29, 0.717) is 13.1 Å². The number of nitrogens with zero attached hydrogens (tertiary/aromatic N) is 1. The van der Waals surface area contributed by atoms with Gasteiger partial charge in [-0.25, -0.2) is 0 Å². The van der Waals surface area contributed by atoms with Crippen LogP contribution >= 0.6 is 0 Å². The summed E-state index contributed by atoms with van der Waals surface area (Å²) in [5, 5.41) is 2.84. The molecule has 1 rings (SSSR count). The van der Waals surface area contributed by atoms with Crippen LogP contribution in [-0.2, 0) is 10.2 Å². The van der Waals surface area contributed by atoms with Crippen molar-refractivity contribution in [2.24, 2.45) is 0 Å². The highest BCUT2D eigenvalue weighted by atomic mass is 32.2. The zero-order chi connectivity index (χ0) is 16.3. The smallest absolute Gasteiger partial charge is 0.317 e. The Morgan fingerprint density at radius 2 is 1.57 bits per heavy atom. The molecule has 1 aliphatic rings. The van der Waals surface area contributed by atoms with Crippen LogP contribution in [0.2, 0.25) is 0 Å². The lowest BCUT2D eigenvalue weighted by Crippen LogP contribution is -2.54. The van der Waals surface area contributed by atoms with Crippen molar-refractivity contribution in [2.45, 2.75) is 31.2 Å². The van der Waals surface area contributed by atoms with E-state index in [1.165, 1.54) is 4.72 Å². The fraction of sp³-hybridized carbons (Fsp3) is 1.00. The molecule has 2 N–H and O–H groups in total. The van der Waals surface area contributed by atoms with Crippen LogP contribution in [0.25, 0.3) is 0 Å². The average molecular weight is 343 g/mol. The first-order valence-electron chi connectivity index (χ1n) is 6.01. The summed E-state index contributed by atoms with van der Waals surface area (Å²) in [6, 6.07) is -0.987. The third kappa shape index (κ3) is 6.80. The quantitative estimate of drug-likeness (QED) is 0.732. The molecule has 0 aliphatic carbocycles. The summed E-state index contributed by atoms with van der Waals surface area (Å²) in [5.74, 6) is 0. The van der Waals surface area contributed by atoms with Gasteiger partial charge in [0, 0.05) is 6.04 Å². The van der Waals surface area contributed by atoms with Gasteiger partial charge in [-0.1, -0.05) is 0 Å². The summed E-state index contributed by atoms with van der Waals surface area (Å²) in [4.78, 5) is 0. The third-order valence-electron chi connectivity index (χ3n) is 2.81. The summed E-state index contributed by atoms with van der Waals surface area (Å²) in [6.07, 6.45) is -9.48. The minimum absolute atomic E-state index is 0.0690. The summed E-state index contributed by atoms with van der Waals surface area (Å²) in [6.45, 7) is -3.12. The van der Waals surface area contributed by atoms with Crippen LogP contribution in [0, 0.1) is 0 Å². The van der Waals surface area contributed by atoms with Gasteiger partial charge in [0.05, 0.1) is 0 Å². The van der Waals surface area contributed by atoms with Gasteiger partial charge in [-0.05, 0) is 25.9 Å². The summed E-state index contributed by atoms with van der Waals surface area (Å²) < 4.78 is 98.4. The number of alkyl halides is 6. The van der Waals surface area contributed by atoms with Crippen LogP contribution in [0.4, 0.5) is 26.3 Å². The summed E-state index contributed by atoms with van der Waals surface area (Å²) >= 11 is 0. The van der Waals surface area contributed by atoms with Crippen LogP contribution < -0.4 is 10.0 Å². The molecule has 0 bridgehead atoms. The van der Waals surface area contributed by atoms with Gasteiger partial charge < -0.3 is 5.32 Å². The zero-order valence-electron chi connectivity index (χ0n) is 10.8. The molecule has 0 atom stereocenters. The number of hydrogen-bond acceptors (Lipinski definition) is 3. The Labute approximate surface area is 117 Å². The predicted octanol–water partition coefficient (Wildman–Crippen LogP) is 0.999. The molecular formula is C9H15F6N3O2S. The fourth-order valence-electron chi connectivity index (χ4n) is 1.94. The standard InChI is InChI=1S/C9H15F6N3O2S/c10-8(11,12)5-17-21(19,20)18(6-9(13,14)15)7-1-3-16-4-2-7/h7,16-17H,1-6H2. The molecule has 1 fully saturated rings. The van der Waals surface area contributed by atoms with Crippen molar-refractivity contribution < 1.29 is 34.8 Å². The first-order valence-corrected chi connectivity index (χ1v) is 7.45.